The van der Waals surface area contributed by atoms with Crippen molar-refractivity contribution in [3.63, 3.8) is 0 Å². The van der Waals surface area contributed by atoms with Crippen LogP contribution in [-0.4, -0.2) is 42.1 Å². The maximum atomic E-state index is 11.8. The molecular formula is C9H17NO4S. The van der Waals surface area contributed by atoms with E-state index in [2.05, 4.69) is 0 Å². The summed E-state index contributed by atoms with van der Waals surface area (Å²) in [6, 6.07) is 0.0564. The van der Waals surface area contributed by atoms with Gasteiger partial charge in [-0.1, -0.05) is 6.92 Å². The summed E-state index contributed by atoms with van der Waals surface area (Å²) in [7, 11) is -3.23. The number of nitrogens with zero attached hydrogens (tertiary/aromatic N) is 1. The zero-order chi connectivity index (χ0) is 11.5. The van der Waals surface area contributed by atoms with Crippen LogP contribution in [0.3, 0.4) is 0 Å². The molecule has 1 aliphatic rings. The molecule has 0 saturated heterocycles. The summed E-state index contributed by atoms with van der Waals surface area (Å²) in [5, 5.41) is 8.54. The Morgan fingerprint density at radius 3 is 2.47 bits per heavy atom. The van der Waals surface area contributed by atoms with Crippen LogP contribution in [0, 0.1) is 0 Å². The second kappa shape index (κ2) is 4.94. The molecule has 0 aromatic heterocycles. The lowest BCUT2D eigenvalue weighted by Crippen LogP contribution is -2.36. The topological polar surface area (TPSA) is 74.7 Å². The van der Waals surface area contributed by atoms with Crippen LogP contribution in [0.2, 0.25) is 0 Å². The van der Waals surface area contributed by atoms with Gasteiger partial charge in [-0.05, 0) is 19.3 Å². The van der Waals surface area contributed by atoms with E-state index >= 15 is 0 Å². The SMILES string of the molecule is CCCS(=O)(=O)N(CCC(=O)O)C1CC1. The molecule has 1 aliphatic carbocycles. The Hall–Kier alpha value is -0.620. The number of hydrogen-bond donors (Lipinski definition) is 1. The molecule has 0 radical (unpaired) electrons. The van der Waals surface area contributed by atoms with E-state index in [9.17, 15) is 13.2 Å². The molecule has 1 rings (SSSR count). The summed E-state index contributed by atoms with van der Waals surface area (Å²) < 4.78 is 24.9. The fourth-order valence-electron chi connectivity index (χ4n) is 1.49. The van der Waals surface area contributed by atoms with E-state index in [0.29, 0.717) is 6.42 Å². The highest BCUT2D eigenvalue weighted by Crippen LogP contribution is 2.29. The van der Waals surface area contributed by atoms with Crippen LogP contribution in [0.5, 0.6) is 0 Å². The molecule has 1 N–H and O–H groups in total. The van der Waals surface area contributed by atoms with Crippen LogP contribution in [0.15, 0.2) is 0 Å². The maximum absolute atomic E-state index is 11.8. The summed E-state index contributed by atoms with van der Waals surface area (Å²) in [5.41, 5.74) is 0. The standard InChI is InChI=1S/C9H17NO4S/c1-2-7-15(13,14)10(8-3-4-8)6-5-9(11)12/h8H,2-7H2,1H3,(H,11,12). The highest BCUT2D eigenvalue weighted by molar-refractivity contribution is 7.89. The lowest BCUT2D eigenvalue weighted by molar-refractivity contribution is -0.137. The second-order valence-electron chi connectivity index (χ2n) is 3.80. The second-order valence-corrected chi connectivity index (χ2v) is 5.84. The van der Waals surface area contributed by atoms with Crippen molar-refractivity contribution in [2.75, 3.05) is 12.3 Å². The van der Waals surface area contributed by atoms with Gasteiger partial charge in [0.1, 0.15) is 0 Å². The molecule has 15 heavy (non-hydrogen) atoms. The van der Waals surface area contributed by atoms with Gasteiger partial charge in [-0.25, -0.2) is 8.42 Å². The summed E-state index contributed by atoms with van der Waals surface area (Å²) in [4.78, 5) is 10.4. The maximum Gasteiger partial charge on any atom is 0.304 e. The highest BCUT2D eigenvalue weighted by atomic mass is 32.2. The molecule has 0 aromatic carbocycles. The van der Waals surface area contributed by atoms with Gasteiger partial charge in [0.2, 0.25) is 10.0 Å². The van der Waals surface area contributed by atoms with Crippen LogP contribution >= 0.6 is 0 Å². The number of aliphatic carboxylic acids is 1. The van der Waals surface area contributed by atoms with Crippen molar-refractivity contribution in [2.45, 2.75) is 38.6 Å². The van der Waals surface area contributed by atoms with Crippen LogP contribution in [0.4, 0.5) is 0 Å². The van der Waals surface area contributed by atoms with Gasteiger partial charge in [0.15, 0.2) is 0 Å². The number of sulfonamides is 1. The molecule has 0 bridgehead atoms. The van der Waals surface area contributed by atoms with Crippen LogP contribution < -0.4 is 0 Å². The molecule has 1 fully saturated rings. The minimum absolute atomic E-state index is 0.0564. The van der Waals surface area contributed by atoms with Gasteiger partial charge in [0.25, 0.3) is 0 Å². The fraction of sp³-hybridized carbons (Fsp3) is 0.889. The van der Waals surface area contributed by atoms with E-state index < -0.39 is 16.0 Å². The zero-order valence-electron chi connectivity index (χ0n) is 8.85. The highest BCUT2D eigenvalue weighted by Gasteiger charge is 2.36. The normalized spacial score (nSPS) is 16.9. The molecule has 0 atom stereocenters. The molecule has 1 saturated carbocycles. The fourth-order valence-corrected chi connectivity index (χ4v) is 3.28. The molecule has 88 valence electrons. The van der Waals surface area contributed by atoms with E-state index in [1.54, 1.807) is 6.92 Å². The first-order valence-corrected chi connectivity index (χ1v) is 6.79. The van der Waals surface area contributed by atoms with Gasteiger partial charge in [-0.3, -0.25) is 4.79 Å². The van der Waals surface area contributed by atoms with Gasteiger partial charge >= 0.3 is 5.97 Å². The van der Waals surface area contributed by atoms with Crippen molar-refractivity contribution in [3.05, 3.63) is 0 Å². The Kier molecular flexibility index (Phi) is 4.10. The lowest BCUT2D eigenvalue weighted by atomic mass is 10.4. The Balaban J connectivity index is 2.60. The number of carboxylic acids is 1. The Bertz CT molecular complexity index is 321. The largest absolute Gasteiger partial charge is 0.481 e. The van der Waals surface area contributed by atoms with Gasteiger partial charge in [-0.15, -0.1) is 0 Å². The molecule has 0 amide bonds. The van der Waals surface area contributed by atoms with Crippen molar-refractivity contribution >= 4 is 16.0 Å². The van der Waals surface area contributed by atoms with Gasteiger partial charge in [-0.2, -0.15) is 4.31 Å². The van der Waals surface area contributed by atoms with Crippen LogP contribution in [-0.2, 0) is 14.8 Å². The average molecular weight is 235 g/mol. The molecule has 0 aliphatic heterocycles. The predicted octanol–water partition coefficient (Wildman–Crippen LogP) is 0.665. The smallest absolute Gasteiger partial charge is 0.304 e. The zero-order valence-corrected chi connectivity index (χ0v) is 9.66. The van der Waals surface area contributed by atoms with Gasteiger partial charge < -0.3 is 5.11 Å². The quantitative estimate of drug-likeness (QED) is 0.703. The monoisotopic (exact) mass is 235 g/mol. The Morgan fingerprint density at radius 2 is 2.07 bits per heavy atom. The third kappa shape index (κ3) is 3.79. The number of carboxylic acid groups (broad SMARTS) is 1. The van der Waals surface area contributed by atoms with Gasteiger partial charge in [0, 0.05) is 12.6 Å². The van der Waals surface area contributed by atoms with Crippen LogP contribution in [0.1, 0.15) is 32.6 Å². The molecule has 0 heterocycles. The van der Waals surface area contributed by atoms with E-state index in [1.165, 1.54) is 4.31 Å². The third-order valence-electron chi connectivity index (χ3n) is 2.32. The number of hydrogen-bond acceptors (Lipinski definition) is 3. The summed E-state index contributed by atoms with van der Waals surface area (Å²) in [6.45, 7) is 1.92. The first kappa shape index (κ1) is 12.4. The van der Waals surface area contributed by atoms with E-state index in [0.717, 1.165) is 12.8 Å². The van der Waals surface area contributed by atoms with E-state index in [1.807, 2.05) is 0 Å². The third-order valence-corrected chi connectivity index (χ3v) is 4.44. The van der Waals surface area contributed by atoms with Crippen molar-refractivity contribution in [1.29, 1.82) is 0 Å². The molecule has 0 aromatic rings. The lowest BCUT2D eigenvalue weighted by Gasteiger charge is -2.20. The first-order chi connectivity index (χ1) is 6.97. The number of carbonyl (C=O) groups is 1. The van der Waals surface area contributed by atoms with Gasteiger partial charge in [0.05, 0.1) is 12.2 Å². The minimum Gasteiger partial charge on any atom is -0.481 e. The van der Waals surface area contributed by atoms with E-state index in [4.69, 9.17) is 5.11 Å². The summed E-state index contributed by atoms with van der Waals surface area (Å²) >= 11 is 0. The Labute approximate surface area is 90.1 Å². The van der Waals surface area contributed by atoms with Crippen molar-refractivity contribution in [3.8, 4) is 0 Å². The molecule has 5 nitrogen and oxygen atoms in total. The summed E-state index contributed by atoms with van der Waals surface area (Å²) in [6.07, 6.45) is 2.18. The molecule has 6 heteroatoms. The van der Waals surface area contributed by atoms with Crippen LogP contribution in [0.25, 0.3) is 0 Å². The molecule has 0 spiro atoms. The van der Waals surface area contributed by atoms with E-state index in [-0.39, 0.29) is 24.8 Å². The van der Waals surface area contributed by atoms with Crippen molar-refractivity contribution < 1.29 is 18.3 Å². The summed E-state index contributed by atoms with van der Waals surface area (Å²) in [5.74, 6) is -0.837. The molecular weight excluding hydrogens is 218 g/mol. The Morgan fingerprint density at radius 1 is 1.47 bits per heavy atom. The average Bonchev–Trinajstić information content (AvgIpc) is 2.87. The predicted molar refractivity (Wildman–Crippen MR) is 56.1 cm³/mol. The number of rotatable bonds is 7. The minimum atomic E-state index is -3.23. The first-order valence-electron chi connectivity index (χ1n) is 5.18. The molecule has 0 unspecified atom stereocenters. The van der Waals surface area contributed by atoms with Crippen molar-refractivity contribution in [2.24, 2.45) is 0 Å². The van der Waals surface area contributed by atoms with Crippen molar-refractivity contribution in [1.82, 2.24) is 4.31 Å².